The van der Waals surface area contributed by atoms with E-state index in [0.29, 0.717) is 17.1 Å². The number of benzene rings is 2. The van der Waals surface area contributed by atoms with Crippen LogP contribution in [0.5, 0.6) is 0 Å². The minimum Gasteiger partial charge on any atom is -0.339 e. The highest BCUT2D eigenvalue weighted by Crippen LogP contribution is 2.26. The van der Waals surface area contributed by atoms with Crippen molar-refractivity contribution < 1.29 is 14.0 Å². The minimum absolute atomic E-state index is 0.0857. The molecular weight excluding hydrogens is 415 g/mol. The number of nitrogens with one attached hydrogen (secondary N) is 1. The number of rotatable bonds is 4. The number of amides is 2. The van der Waals surface area contributed by atoms with E-state index in [-0.39, 0.29) is 21.8 Å². The van der Waals surface area contributed by atoms with Crippen molar-refractivity contribution in [2.24, 2.45) is 0 Å². The van der Waals surface area contributed by atoms with Gasteiger partial charge in [0.2, 0.25) is 0 Å². The lowest BCUT2D eigenvalue weighted by atomic mass is 10.2. The van der Waals surface area contributed by atoms with Gasteiger partial charge in [-0.1, -0.05) is 11.6 Å². The summed E-state index contributed by atoms with van der Waals surface area (Å²) in [6, 6.07) is 12.6. The molecule has 0 aliphatic heterocycles. The molecular formula is C20H18ClFN4O2S. The van der Waals surface area contributed by atoms with Crippen LogP contribution >= 0.6 is 23.4 Å². The third-order valence-corrected chi connectivity index (χ3v) is 5.38. The van der Waals surface area contributed by atoms with Crippen LogP contribution in [0.1, 0.15) is 16.1 Å². The Balaban J connectivity index is 1.77. The summed E-state index contributed by atoms with van der Waals surface area (Å²) in [5.74, 6) is -0.786. The van der Waals surface area contributed by atoms with Gasteiger partial charge in [-0.25, -0.2) is 9.07 Å². The lowest BCUT2D eigenvalue weighted by molar-refractivity contribution is 0.102. The van der Waals surface area contributed by atoms with Gasteiger partial charge in [-0.2, -0.15) is 5.10 Å². The minimum atomic E-state index is -0.411. The number of aryl methyl sites for hydroxylation is 1. The highest BCUT2D eigenvalue weighted by Gasteiger charge is 2.21. The Kier molecular flexibility index (Phi) is 6.24. The molecule has 0 aliphatic rings. The molecule has 29 heavy (non-hydrogen) atoms. The summed E-state index contributed by atoms with van der Waals surface area (Å²) in [4.78, 5) is 26.7. The normalized spacial score (nSPS) is 10.7. The van der Waals surface area contributed by atoms with E-state index in [1.165, 1.54) is 33.8 Å². The van der Waals surface area contributed by atoms with Crippen LogP contribution in [-0.2, 0) is 0 Å². The second-order valence-electron chi connectivity index (χ2n) is 6.38. The molecule has 1 heterocycles. The van der Waals surface area contributed by atoms with Gasteiger partial charge in [-0.15, -0.1) is 0 Å². The first-order valence-electron chi connectivity index (χ1n) is 8.58. The zero-order chi connectivity index (χ0) is 21.1. The highest BCUT2D eigenvalue weighted by atomic mass is 35.5. The first-order valence-corrected chi connectivity index (χ1v) is 9.77. The second-order valence-corrected chi connectivity index (χ2v) is 7.76. The monoisotopic (exact) mass is 432 g/mol. The number of anilines is 1. The molecule has 0 aliphatic carbocycles. The number of halogens is 2. The maximum absolute atomic E-state index is 13.1. The van der Waals surface area contributed by atoms with Crippen LogP contribution in [0.25, 0.3) is 5.69 Å². The molecule has 0 saturated carbocycles. The molecule has 3 aromatic rings. The van der Waals surface area contributed by atoms with Gasteiger partial charge in [0.15, 0.2) is 0 Å². The summed E-state index contributed by atoms with van der Waals surface area (Å²) in [7, 11) is 3.37. The molecule has 6 nitrogen and oxygen atoms in total. The molecule has 0 saturated heterocycles. The molecule has 3 rings (SSSR count). The summed E-state index contributed by atoms with van der Waals surface area (Å²) in [6.45, 7) is 1.67. The Morgan fingerprint density at radius 1 is 1.10 bits per heavy atom. The van der Waals surface area contributed by atoms with Gasteiger partial charge in [0, 0.05) is 24.7 Å². The van der Waals surface area contributed by atoms with Gasteiger partial charge in [0.05, 0.1) is 11.4 Å². The van der Waals surface area contributed by atoms with Crippen molar-refractivity contribution in [2.75, 3.05) is 19.4 Å². The number of carbonyl (C=O) groups is 2. The Morgan fingerprint density at radius 2 is 1.72 bits per heavy atom. The lowest BCUT2D eigenvalue weighted by Gasteiger charge is -2.10. The topological polar surface area (TPSA) is 67.2 Å². The molecule has 0 fully saturated rings. The smallest absolute Gasteiger partial charge is 0.285 e. The van der Waals surface area contributed by atoms with Crippen LogP contribution in [0, 0.1) is 12.7 Å². The number of hydrogen-bond acceptors (Lipinski definition) is 4. The molecule has 1 aromatic heterocycles. The Morgan fingerprint density at radius 3 is 2.31 bits per heavy atom. The first kappa shape index (κ1) is 20.9. The third-order valence-electron chi connectivity index (χ3n) is 3.98. The Bertz CT molecular complexity index is 1050. The lowest BCUT2D eigenvalue weighted by Crippen LogP contribution is -2.16. The van der Waals surface area contributed by atoms with Crippen LogP contribution in [0.4, 0.5) is 14.9 Å². The highest BCUT2D eigenvalue weighted by molar-refractivity contribution is 8.13. The standard InChI is InChI=1S/C20H18ClFN4O2S/c1-12-17(18(21)26(24-12)15-8-4-13(22)5-9-15)19(27)23-14-6-10-16(11-7-14)29-20(28)25(2)3/h4-11H,1-3H3,(H,23,27). The first-order chi connectivity index (χ1) is 13.8. The van der Waals surface area contributed by atoms with Gasteiger partial charge in [-0.05, 0) is 67.2 Å². The fraction of sp³-hybridized carbons (Fsp3) is 0.150. The van der Waals surface area contributed by atoms with Crippen molar-refractivity contribution in [3.63, 3.8) is 0 Å². The molecule has 0 bridgehead atoms. The molecule has 1 N–H and O–H groups in total. The van der Waals surface area contributed by atoms with Gasteiger partial charge < -0.3 is 10.2 Å². The van der Waals surface area contributed by atoms with Crippen molar-refractivity contribution in [3.8, 4) is 5.69 Å². The van der Waals surface area contributed by atoms with E-state index in [9.17, 15) is 14.0 Å². The maximum Gasteiger partial charge on any atom is 0.285 e. The number of thioether (sulfide) groups is 1. The van der Waals surface area contributed by atoms with E-state index in [0.717, 1.165) is 16.7 Å². The quantitative estimate of drug-likeness (QED) is 0.589. The van der Waals surface area contributed by atoms with E-state index in [2.05, 4.69) is 10.4 Å². The summed E-state index contributed by atoms with van der Waals surface area (Å²) < 4.78 is 14.5. The Hall–Kier alpha value is -2.84. The van der Waals surface area contributed by atoms with E-state index in [1.54, 1.807) is 45.3 Å². The van der Waals surface area contributed by atoms with Crippen LogP contribution in [0.3, 0.4) is 0 Å². The summed E-state index contributed by atoms with van der Waals surface area (Å²) in [5, 5.41) is 7.12. The summed E-state index contributed by atoms with van der Waals surface area (Å²) in [5.41, 5.74) is 1.78. The molecule has 0 unspecified atom stereocenters. The number of carbonyl (C=O) groups excluding carboxylic acids is 2. The number of aromatic nitrogens is 2. The number of hydrogen-bond donors (Lipinski definition) is 1. The van der Waals surface area contributed by atoms with Crippen molar-refractivity contribution in [2.45, 2.75) is 11.8 Å². The summed E-state index contributed by atoms with van der Waals surface area (Å²) >= 11 is 7.47. The Labute approximate surface area is 176 Å². The van der Waals surface area contributed by atoms with Crippen molar-refractivity contribution in [1.29, 1.82) is 0 Å². The molecule has 150 valence electrons. The molecule has 2 aromatic carbocycles. The second kappa shape index (κ2) is 8.67. The third kappa shape index (κ3) is 4.78. The molecule has 0 atom stereocenters. The molecule has 2 amide bonds. The van der Waals surface area contributed by atoms with E-state index < -0.39 is 5.91 Å². The predicted octanol–water partition coefficient (Wildman–Crippen LogP) is 5.00. The average molecular weight is 433 g/mol. The van der Waals surface area contributed by atoms with Crippen molar-refractivity contribution in [3.05, 3.63) is 70.8 Å². The van der Waals surface area contributed by atoms with Gasteiger partial charge in [0.1, 0.15) is 16.5 Å². The van der Waals surface area contributed by atoms with Crippen molar-refractivity contribution in [1.82, 2.24) is 14.7 Å². The summed E-state index contributed by atoms with van der Waals surface area (Å²) in [6.07, 6.45) is 0. The van der Waals surface area contributed by atoms with E-state index in [4.69, 9.17) is 11.6 Å². The van der Waals surface area contributed by atoms with Crippen LogP contribution < -0.4 is 5.32 Å². The SMILES string of the molecule is Cc1nn(-c2ccc(F)cc2)c(Cl)c1C(=O)Nc1ccc(SC(=O)N(C)C)cc1. The van der Waals surface area contributed by atoms with Crippen LogP contribution in [0.2, 0.25) is 5.15 Å². The number of nitrogens with zero attached hydrogens (tertiary/aromatic N) is 3. The van der Waals surface area contributed by atoms with E-state index in [1.807, 2.05) is 0 Å². The van der Waals surface area contributed by atoms with E-state index >= 15 is 0 Å². The fourth-order valence-electron chi connectivity index (χ4n) is 2.50. The van der Waals surface area contributed by atoms with Crippen LogP contribution in [0.15, 0.2) is 53.4 Å². The molecule has 9 heteroatoms. The zero-order valence-electron chi connectivity index (χ0n) is 15.9. The maximum atomic E-state index is 13.1. The molecule has 0 radical (unpaired) electrons. The largest absolute Gasteiger partial charge is 0.339 e. The predicted molar refractivity (Wildman–Crippen MR) is 113 cm³/mol. The fourth-order valence-corrected chi connectivity index (χ4v) is 3.52. The van der Waals surface area contributed by atoms with Gasteiger partial charge >= 0.3 is 0 Å². The average Bonchev–Trinajstić information content (AvgIpc) is 2.98. The van der Waals surface area contributed by atoms with Gasteiger partial charge in [-0.3, -0.25) is 9.59 Å². The molecule has 0 spiro atoms. The van der Waals surface area contributed by atoms with Crippen LogP contribution in [-0.4, -0.2) is 39.9 Å². The van der Waals surface area contributed by atoms with Gasteiger partial charge in [0.25, 0.3) is 11.1 Å². The zero-order valence-corrected chi connectivity index (χ0v) is 17.5. The van der Waals surface area contributed by atoms with Crippen molar-refractivity contribution >= 4 is 40.2 Å².